The third kappa shape index (κ3) is 2.93. The van der Waals surface area contributed by atoms with Gasteiger partial charge in [-0.2, -0.15) is 0 Å². The Morgan fingerprint density at radius 1 is 0.950 bits per heavy atom. The van der Waals surface area contributed by atoms with E-state index in [2.05, 4.69) is 4.72 Å². The van der Waals surface area contributed by atoms with Crippen molar-refractivity contribution in [3.05, 3.63) is 53.1 Å². The lowest BCUT2D eigenvalue weighted by Crippen LogP contribution is -2.14. The molecule has 0 heterocycles. The number of rotatable bonds is 3. The molecule has 2 aromatic carbocycles. The van der Waals surface area contributed by atoms with E-state index in [4.69, 9.17) is 5.73 Å². The van der Waals surface area contributed by atoms with Gasteiger partial charge in [-0.1, -0.05) is 17.7 Å². The smallest absolute Gasteiger partial charge is 0.261 e. The van der Waals surface area contributed by atoms with Crippen LogP contribution in [0.1, 0.15) is 16.7 Å². The van der Waals surface area contributed by atoms with Crippen LogP contribution in [0.25, 0.3) is 0 Å². The predicted octanol–water partition coefficient (Wildman–Crippen LogP) is 2.99. The zero-order chi connectivity index (χ0) is 14.9. The summed E-state index contributed by atoms with van der Waals surface area (Å²) in [5, 5.41) is 0. The van der Waals surface area contributed by atoms with Crippen LogP contribution in [-0.2, 0) is 10.0 Å². The highest BCUT2D eigenvalue weighted by molar-refractivity contribution is 7.92. The van der Waals surface area contributed by atoms with Gasteiger partial charge in [-0.3, -0.25) is 4.72 Å². The Labute approximate surface area is 119 Å². The number of nitrogens with two attached hydrogens (primary N) is 1. The predicted molar refractivity (Wildman–Crippen MR) is 82.3 cm³/mol. The topological polar surface area (TPSA) is 72.2 Å². The zero-order valence-corrected chi connectivity index (χ0v) is 12.6. The van der Waals surface area contributed by atoms with Gasteiger partial charge < -0.3 is 5.73 Å². The zero-order valence-electron chi connectivity index (χ0n) is 11.8. The average Bonchev–Trinajstić information content (AvgIpc) is 2.34. The Hall–Kier alpha value is -2.01. The van der Waals surface area contributed by atoms with E-state index >= 15 is 0 Å². The molecular formula is C15H18N2O2S. The Morgan fingerprint density at radius 2 is 1.45 bits per heavy atom. The van der Waals surface area contributed by atoms with Gasteiger partial charge in [0.1, 0.15) is 0 Å². The first-order valence-electron chi connectivity index (χ1n) is 6.26. The van der Waals surface area contributed by atoms with E-state index in [9.17, 15) is 8.42 Å². The van der Waals surface area contributed by atoms with E-state index < -0.39 is 10.0 Å². The quantitative estimate of drug-likeness (QED) is 0.854. The van der Waals surface area contributed by atoms with Crippen molar-refractivity contribution in [2.45, 2.75) is 25.7 Å². The Morgan fingerprint density at radius 3 is 1.95 bits per heavy atom. The largest absolute Gasteiger partial charge is 0.399 e. The number of nitrogen functional groups attached to an aromatic ring is 1. The van der Waals surface area contributed by atoms with Crippen LogP contribution in [0.4, 0.5) is 11.4 Å². The Bertz CT molecular complexity index is 712. The maximum absolute atomic E-state index is 12.4. The summed E-state index contributed by atoms with van der Waals surface area (Å²) >= 11 is 0. The van der Waals surface area contributed by atoms with Gasteiger partial charge in [0.25, 0.3) is 10.0 Å². The van der Waals surface area contributed by atoms with Crippen molar-refractivity contribution in [3.63, 3.8) is 0 Å². The van der Waals surface area contributed by atoms with Crippen molar-refractivity contribution in [2.75, 3.05) is 10.5 Å². The maximum atomic E-state index is 12.4. The van der Waals surface area contributed by atoms with Crippen molar-refractivity contribution < 1.29 is 8.42 Å². The minimum Gasteiger partial charge on any atom is -0.399 e. The molecule has 106 valence electrons. The number of nitrogens with one attached hydrogen (secondary N) is 1. The summed E-state index contributed by atoms with van der Waals surface area (Å²) in [5.74, 6) is 0. The maximum Gasteiger partial charge on any atom is 0.261 e. The molecule has 2 aromatic rings. The van der Waals surface area contributed by atoms with Gasteiger partial charge in [0, 0.05) is 5.69 Å². The molecule has 0 aliphatic carbocycles. The van der Waals surface area contributed by atoms with Crippen molar-refractivity contribution in [3.8, 4) is 0 Å². The minimum absolute atomic E-state index is 0.200. The van der Waals surface area contributed by atoms with Crippen molar-refractivity contribution in [1.82, 2.24) is 0 Å². The highest BCUT2D eigenvalue weighted by Crippen LogP contribution is 2.25. The normalized spacial score (nSPS) is 11.3. The van der Waals surface area contributed by atoms with Crippen LogP contribution in [0, 0.1) is 20.8 Å². The summed E-state index contributed by atoms with van der Waals surface area (Å²) in [4.78, 5) is 0.200. The van der Waals surface area contributed by atoms with Crippen LogP contribution in [0.5, 0.6) is 0 Å². The number of aryl methyl sites for hydroxylation is 3. The minimum atomic E-state index is -3.59. The number of benzene rings is 2. The number of anilines is 2. The van der Waals surface area contributed by atoms with Crippen LogP contribution in [-0.4, -0.2) is 8.42 Å². The fraction of sp³-hybridized carbons (Fsp3) is 0.200. The lowest BCUT2D eigenvalue weighted by Gasteiger charge is -2.14. The van der Waals surface area contributed by atoms with E-state index in [1.54, 1.807) is 12.1 Å². The summed E-state index contributed by atoms with van der Waals surface area (Å²) < 4.78 is 27.3. The Kier molecular flexibility index (Phi) is 3.72. The molecule has 5 heteroatoms. The van der Waals surface area contributed by atoms with Crippen molar-refractivity contribution in [2.24, 2.45) is 0 Å². The van der Waals surface area contributed by atoms with Crippen LogP contribution in [0.15, 0.2) is 41.3 Å². The molecule has 0 aliphatic heterocycles. The third-order valence-corrected chi connectivity index (χ3v) is 4.47. The molecule has 0 unspecified atom stereocenters. The molecule has 0 atom stereocenters. The van der Waals surface area contributed by atoms with Gasteiger partial charge >= 0.3 is 0 Å². The first kappa shape index (κ1) is 14.4. The van der Waals surface area contributed by atoms with Gasteiger partial charge in [-0.05, 0) is 56.2 Å². The second-order valence-electron chi connectivity index (χ2n) is 4.95. The lowest BCUT2D eigenvalue weighted by molar-refractivity contribution is 0.601. The summed E-state index contributed by atoms with van der Waals surface area (Å²) in [5.41, 5.74) is 9.65. The molecule has 4 nitrogen and oxygen atoms in total. The second-order valence-corrected chi connectivity index (χ2v) is 6.63. The molecule has 0 saturated carbocycles. The molecule has 0 amide bonds. The molecule has 3 N–H and O–H groups in total. The summed E-state index contributed by atoms with van der Waals surface area (Å²) in [6, 6.07) is 10.0. The molecule has 0 bridgehead atoms. The molecule has 20 heavy (non-hydrogen) atoms. The number of hydrogen-bond donors (Lipinski definition) is 2. The van der Waals surface area contributed by atoms with Gasteiger partial charge in [0.05, 0.1) is 10.6 Å². The monoisotopic (exact) mass is 290 g/mol. The second kappa shape index (κ2) is 5.17. The van der Waals surface area contributed by atoms with E-state index in [1.807, 2.05) is 32.9 Å². The van der Waals surface area contributed by atoms with E-state index in [1.165, 1.54) is 12.1 Å². The Balaban J connectivity index is 2.41. The molecule has 0 aromatic heterocycles. The molecular weight excluding hydrogens is 272 g/mol. The number of sulfonamides is 1. The average molecular weight is 290 g/mol. The van der Waals surface area contributed by atoms with Crippen LogP contribution in [0.2, 0.25) is 0 Å². The highest BCUT2D eigenvalue weighted by atomic mass is 32.2. The molecule has 0 spiro atoms. The van der Waals surface area contributed by atoms with E-state index in [0.29, 0.717) is 11.4 Å². The molecule has 0 fully saturated rings. The molecule has 2 rings (SSSR count). The van der Waals surface area contributed by atoms with Gasteiger partial charge in [-0.25, -0.2) is 8.42 Å². The number of hydrogen-bond acceptors (Lipinski definition) is 3. The van der Waals surface area contributed by atoms with E-state index in [0.717, 1.165) is 16.7 Å². The van der Waals surface area contributed by atoms with Crippen LogP contribution in [0.3, 0.4) is 0 Å². The fourth-order valence-corrected chi connectivity index (χ4v) is 3.38. The first-order valence-corrected chi connectivity index (χ1v) is 7.74. The van der Waals surface area contributed by atoms with Crippen molar-refractivity contribution in [1.29, 1.82) is 0 Å². The fourth-order valence-electron chi connectivity index (χ4n) is 2.18. The van der Waals surface area contributed by atoms with Crippen LogP contribution >= 0.6 is 0 Å². The lowest BCUT2D eigenvalue weighted by atomic mass is 10.1. The highest BCUT2D eigenvalue weighted by Gasteiger charge is 2.16. The summed E-state index contributed by atoms with van der Waals surface area (Å²) in [7, 11) is -3.59. The van der Waals surface area contributed by atoms with Gasteiger partial charge in [0.2, 0.25) is 0 Å². The van der Waals surface area contributed by atoms with Gasteiger partial charge in [-0.15, -0.1) is 0 Å². The van der Waals surface area contributed by atoms with Crippen molar-refractivity contribution >= 4 is 21.4 Å². The van der Waals surface area contributed by atoms with Gasteiger partial charge in [0.15, 0.2) is 0 Å². The standard InChI is InChI=1S/C15H18N2O2S/c1-10-8-11(2)15(12(3)9-10)17-20(18,19)14-6-4-13(16)5-7-14/h4-9,17H,16H2,1-3H3. The summed E-state index contributed by atoms with van der Waals surface area (Å²) in [6.07, 6.45) is 0. The molecule has 0 radical (unpaired) electrons. The molecule has 0 saturated heterocycles. The third-order valence-electron chi connectivity index (χ3n) is 3.10. The van der Waals surface area contributed by atoms with E-state index in [-0.39, 0.29) is 4.90 Å². The summed E-state index contributed by atoms with van der Waals surface area (Å²) in [6.45, 7) is 5.76. The first-order chi connectivity index (χ1) is 9.29. The molecule has 0 aliphatic rings. The SMILES string of the molecule is Cc1cc(C)c(NS(=O)(=O)c2ccc(N)cc2)c(C)c1. The van der Waals surface area contributed by atoms with Crippen LogP contribution < -0.4 is 10.5 Å².